The van der Waals surface area contributed by atoms with Crippen molar-refractivity contribution in [2.75, 3.05) is 55.4 Å². The van der Waals surface area contributed by atoms with E-state index in [9.17, 15) is 0 Å². The van der Waals surface area contributed by atoms with Crippen molar-refractivity contribution in [3.05, 3.63) is 103 Å². The highest BCUT2D eigenvalue weighted by Crippen LogP contribution is 2.37. The molecule has 0 spiro atoms. The predicted molar refractivity (Wildman–Crippen MR) is 199 cm³/mol. The predicted octanol–water partition coefficient (Wildman–Crippen LogP) is 6.48. The topological polar surface area (TPSA) is 83.1 Å². The van der Waals surface area contributed by atoms with E-state index in [1.165, 1.54) is 10.4 Å². The van der Waals surface area contributed by atoms with Gasteiger partial charge in [0.1, 0.15) is 32.2 Å². The fourth-order valence-electron chi connectivity index (χ4n) is 5.97. The lowest BCUT2D eigenvalue weighted by Crippen LogP contribution is -2.66. The SMILES string of the molecule is COCO[C@H](/C=C/[C@H](OCOC)[C@H](CCO[Si](c1ccccc1)(c1ccccc1)C(C)(C)C)OCOC)C[C@@H](C)OCc1ccc(OC)cc1. The van der Waals surface area contributed by atoms with Gasteiger partial charge in [0.15, 0.2) is 0 Å². The number of methoxy groups -OCH3 is 4. The molecular formula is C40H58O9Si. The second-order valence-corrected chi connectivity index (χ2v) is 17.5. The normalized spacial score (nSPS) is 14.8. The van der Waals surface area contributed by atoms with Gasteiger partial charge in [0.05, 0.1) is 32.0 Å². The van der Waals surface area contributed by atoms with Gasteiger partial charge in [-0.05, 0) is 46.5 Å². The fourth-order valence-corrected chi connectivity index (χ4v) is 10.5. The molecule has 9 nitrogen and oxygen atoms in total. The van der Waals surface area contributed by atoms with Crippen molar-refractivity contribution in [1.82, 2.24) is 0 Å². The quantitative estimate of drug-likeness (QED) is 0.0590. The van der Waals surface area contributed by atoms with E-state index in [-0.39, 0.29) is 37.6 Å². The molecule has 0 heterocycles. The molecule has 10 heteroatoms. The molecule has 0 amide bonds. The molecule has 0 aliphatic heterocycles. The van der Waals surface area contributed by atoms with Gasteiger partial charge in [0, 0.05) is 34.4 Å². The van der Waals surface area contributed by atoms with Crippen LogP contribution < -0.4 is 15.1 Å². The Kier molecular flexibility index (Phi) is 18.4. The van der Waals surface area contributed by atoms with Crippen molar-refractivity contribution < 1.29 is 42.3 Å². The summed E-state index contributed by atoms with van der Waals surface area (Å²) in [5.41, 5.74) is 1.06. The van der Waals surface area contributed by atoms with Gasteiger partial charge < -0.3 is 42.3 Å². The van der Waals surface area contributed by atoms with Crippen molar-refractivity contribution in [3.8, 4) is 5.75 Å². The zero-order valence-electron chi connectivity index (χ0n) is 31.2. The number of ether oxygens (including phenoxy) is 8. The molecule has 0 unspecified atom stereocenters. The van der Waals surface area contributed by atoms with Gasteiger partial charge in [-0.25, -0.2) is 0 Å². The average molecular weight is 711 g/mol. The second-order valence-electron chi connectivity index (χ2n) is 13.2. The maximum absolute atomic E-state index is 7.18. The van der Waals surface area contributed by atoms with Gasteiger partial charge in [0.25, 0.3) is 8.32 Å². The third-order valence-corrected chi connectivity index (χ3v) is 13.5. The summed E-state index contributed by atoms with van der Waals surface area (Å²) in [4.78, 5) is 0. The van der Waals surface area contributed by atoms with E-state index in [2.05, 4.69) is 69.3 Å². The van der Waals surface area contributed by atoms with Crippen LogP contribution in [0.15, 0.2) is 97.1 Å². The third-order valence-electron chi connectivity index (χ3n) is 8.46. The Balaban J connectivity index is 1.80. The molecule has 3 aromatic carbocycles. The minimum absolute atomic E-state index is 0.0857. The molecule has 0 bridgehead atoms. The molecule has 0 saturated carbocycles. The van der Waals surface area contributed by atoms with Crippen molar-refractivity contribution in [2.24, 2.45) is 0 Å². The minimum Gasteiger partial charge on any atom is -0.497 e. The van der Waals surface area contributed by atoms with Gasteiger partial charge in [-0.2, -0.15) is 0 Å². The average Bonchev–Trinajstić information content (AvgIpc) is 3.13. The molecule has 0 fully saturated rings. The summed E-state index contributed by atoms with van der Waals surface area (Å²) in [7, 11) is 3.73. The molecule has 3 aromatic rings. The van der Waals surface area contributed by atoms with E-state index in [1.807, 2.05) is 55.5 Å². The van der Waals surface area contributed by atoms with Crippen LogP contribution in [0, 0.1) is 0 Å². The lowest BCUT2D eigenvalue weighted by molar-refractivity contribution is -0.147. The van der Waals surface area contributed by atoms with E-state index in [0.717, 1.165) is 11.3 Å². The zero-order valence-corrected chi connectivity index (χ0v) is 32.2. The third kappa shape index (κ3) is 12.7. The van der Waals surface area contributed by atoms with Crippen LogP contribution >= 0.6 is 0 Å². The lowest BCUT2D eigenvalue weighted by Gasteiger charge is -2.43. The first-order chi connectivity index (χ1) is 24.2. The van der Waals surface area contributed by atoms with E-state index in [0.29, 0.717) is 26.1 Å². The van der Waals surface area contributed by atoms with Crippen molar-refractivity contribution in [2.45, 2.75) is 76.6 Å². The van der Waals surface area contributed by atoms with E-state index < -0.39 is 20.5 Å². The summed E-state index contributed by atoms with van der Waals surface area (Å²) in [5.74, 6) is 0.813. The van der Waals surface area contributed by atoms with Crippen molar-refractivity contribution in [1.29, 1.82) is 0 Å². The van der Waals surface area contributed by atoms with Crippen LogP contribution in [0.5, 0.6) is 5.75 Å². The monoisotopic (exact) mass is 710 g/mol. The number of hydrogen-bond acceptors (Lipinski definition) is 9. The highest BCUT2D eigenvalue weighted by atomic mass is 28.4. The van der Waals surface area contributed by atoms with Crippen LogP contribution in [0.3, 0.4) is 0 Å². The maximum Gasteiger partial charge on any atom is 0.261 e. The van der Waals surface area contributed by atoms with Crippen LogP contribution in [0.1, 0.15) is 46.1 Å². The number of rotatable bonds is 24. The summed E-state index contributed by atoms with van der Waals surface area (Å²) < 4.78 is 53.0. The van der Waals surface area contributed by atoms with Gasteiger partial charge in [-0.15, -0.1) is 0 Å². The summed E-state index contributed by atoms with van der Waals surface area (Å²) in [6.07, 6.45) is 3.85. The van der Waals surface area contributed by atoms with Crippen LogP contribution in [0.4, 0.5) is 0 Å². The molecule has 0 saturated heterocycles. The van der Waals surface area contributed by atoms with E-state index in [1.54, 1.807) is 28.4 Å². The molecule has 4 atom stereocenters. The van der Waals surface area contributed by atoms with E-state index in [4.69, 9.17) is 42.3 Å². The Morgan fingerprint density at radius 1 is 0.660 bits per heavy atom. The summed E-state index contributed by atoms with van der Waals surface area (Å²) >= 11 is 0. The Bertz CT molecular complexity index is 1290. The molecule has 3 rings (SSSR count). The molecule has 0 radical (unpaired) electrons. The van der Waals surface area contributed by atoms with Crippen molar-refractivity contribution >= 4 is 18.7 Å². The largest absolute Gasteiger partial charge is 0.497 e. The Morgan fingerprint density at radius 3 is 1.76 bits per heavy atom. The second kappa shape index (κ2) is 22.1. The molecular weight excluding hydrogens is 653 g/mol. The van der Waals surface area contributed by atoms with Gasteiger partial charge in [0.2, 0.25) is 0 Å². The van der Waals surface area contributed by atoms with Gasteiger partial charge in [-0.1, -0.05) is 106 Å². The minimum atomic E-state index is -2.74. The first-order valence-corrected chi connectivity index (χ1v) is 19.1. The molecule has 0 N–H and O–H groups in total. The smallest absolute Gasteiger partial charge is 0.261 e. The van der Waals surface area contributed by atoms with Gasteiger partial charge in [-0.3, -0.25) is 0 Å². The Labute approximate surface area is 300 Å². The zero-order chi connectivity index (χ0) is 36.2. The number of benzene rings is 3. The van der Waals surface area contributed by atoms with E-state index >= 15 is 0 Å². The van der Waals surface area contributed by atoms with Crippen LogP contribution in [0.25, 0.3) is 0 Å². The van der Waals surface area contributed by atoms with Crippen LogP contribution in [-0.4, -0.2) is 88.2 Å². The summed E-state index contributed by atoms with van der Waals surface area (Å²) in [6, 6.07) is 29.1. The maximum atomic E-state index is 7.18. The molecule has 0 aliphatic rings. The first kappa shape index (κ1) is 41.5. The molecule has 0 aromatic heterocycles. The standard InChI is InChI=1S/C40H58O9Si/c1-32(45-28-33-19-21-34(44-8)22-20-33)27-35(46-29-41-5)23-24-38(47-30-42-6)39(48-31-43-7)25-26-49-50(40(2,3)4,36-15-11-9-12-16-36)37-17-13-10-14-18-37/h9-24,32,35,38-39H,25-31H2,1-8H3/b24-23+/t32-,35-,38+,39+/m1/s1. The fraction of sp³-hybridized carbons (Fsp3) is 0.500. The summed E-state index contributed by atoms with van der Waals surface area (Å²) in [5, 5.41) is 2.30. The van der Waals surface area contributed by atoms with Crippen LogP contribution in [0.2, 0.25) is 5.04 Å². The lowest BCUT2D eigenvalue weighted by atomic mass is 10.1. The molecule has 276 valence electrons. The molecule has 0 aliphatic carbocycles. The highest BCUT2D eigenvalue weighted by Gasteiger charge is 2.50. The van der Waals surface area contributed by atoms with Crippen molar-refractivity contribution in [3.63, 3.8) is 0 Å². The highest BCUT2D eigenvalue weighted by molar-refractivity contribution is 6.99. The summed E-state index contributed by atoms with van der Waals surface area (Å²) in [6.45, 7) is 10.1. The van der Waals surface area contributed by atoms with Crippen LogP contribution in [-0.2, 0) is 44.2 Å². The Morgan fingerprint density at radius 2 is 1.22 bits per heavy atom. The number of hydrogen-bond donors (Lipinski definition) is 0. The first-order valence-electron chi connectivity index (χ1n) is 17.2. The molecule has 50 heavy (non-hydrogen) atoms. The Hall–Kier alpha value is -2.90. The van der Waals surface area contributed by atoms with Gasteiger partial charge >= 0.3 is 0 Å².